The fourth-order valence-electron chi connectivity index (χ4n) is 3.52. The van der Waals surface area contributed by atoms with Crippen LogP contribution in [0, 0.1) is 11.8 Å². The smallest absolute Gasteiger partial charge is 0.254 e. The minimum absolute atomic E-state index is 0.0278. The van der Waals surface area contributed by atoms with E-state index in [1.807, 2.05) is 0 Å². The Morgan fingerprint density at radius 3 is 2.33 bits per heavy atom. The van der Waals surface area contributed by atoms with Crippen LogP contribution in [0.25, 0.3) is 0 Å². The topological polar surface area (TPSA) is 61.4 Å². The van der Waals surface area contributed by atoms with Gasteiger partial charge in [-0.25, -0.2) is 0 Å². The number of hydrogen-bond donors (Lipinski definition) is 2. The molecule has 5 nitrogen and oxygen atoms in total. The van der Waals surface area contributed by atoms with Crippen molar-refractivity contribution in [3.05, 3.63) is 55.1 Å². The highest BCUT2D eigenvalue weighted by molar-refractivity contribution is 5.96. The number of amides is 2. The fourth-order valence-corrected chi connectivity index (χ4v) is 3.52. The lowest BCUT2D eigenvalue weighted by Gasteiger charge is -2.27. The van der Waals surface area contributed by atoms with Crippen molar-refractivity contribution in [3.8, 4) is 0 Å². The zero-order chi connectivity index (χ0) is 19.6. The summed E-state index contributed by atoms with van der Waals surface area (Å²) >= 11 is 0. The largest absolute Gasteiger partial charge is 0.331 e. The minimum Gasteiger partial charge on any atom is -0.331 e. The lowest BCUT2D eigenvalue weighted by atomic mass is 9.84. The van der Waals surface area contributed by atoms with Gasteiger partial charge in [-0.1, -0.05) is 19.1 Å². The first-order valence-electron chi connectivity index (χ1n) is 9.66. The number of benzene rings is 1. The molecule has 1 unspecified atom stereocenters. The summed E-state index contributed by atoms with van der Waals surface area (Å²) < 4.78 is 0. The van der Waals surface area contributed by atoms with Gasteiger partial charge in [0.15, 0.2) is 0 Å². The van der Waals surface area contributed by atoms with Gasteiger partial charge in [-0.3, -0.25) is 9.59 Å². The molecule has 0 aliphatic carbocycles. The van der Waals surface area contributed by atoms with Crippen molar-refractivity contribution in [2.45, 2.75) is 26.2 Å². The molecule has 146 valence electrons. The number of carbonyl (C=O) groups excluding carboxylic acids is 2. The molecule has 0 spiro atoms. The first-order chi connectivity index (χ1) is 13.0. The van der Waals surface area contributed by atoms with Crippen LogP contribution >= 0.6 is 0 Å². The predicted molar refractivity (Wildman–Crippen MR) is 111 cm³/mol. The Balaban J connectivity index is 1.90. The molecule has 1 aromatic carbocycles. The van der Waals surface area contributed by atoms with Crippen LogP contribution in [0.15, 0.2) is 49.6 Å². The Morgan fingerprint density at radius 1 is 1.19 bits per heavy atom. The molecule has 2 rings (SSSR count). The van der Waals surface area contributed by atoms with E-state index in [-0.39, 0.29) is 11.8 Å². The van der Waals surface area contributed by atoms with E-state index in [4.69, 9.17) is 0 Å². The molecule has 27 heavy (non-hydrogen) atoms. The van der Waals surface area contributed by atoms with Crippen LogP contribution in [0.4, 0.5) is 5.69 Å². The molecule has 1 aromatic rings. The normalized spacial score (nSPS) is 15.6. The Labute approximate surface area is 162 Å². The lowest BCUT2D eigenvalue weighted by molar-refractivity contribution is -0.117. The van der Waals surface area contributed by atoms with Crippen molar-refractivity contribution >= 4 is 17.5 Å². The van der Waals surface area contributed by atoms with E-state index in [1.54, 1.807) is 41.3 Å². The van der Waals surface area contributed by atoms with E-state index in [9.17, 15) is 9.59 Å². The Hall–Kier alpha value is -2.40. The van der Waals surface area contributed by atoms with Crippen molar-refractivity contribution < 1.29 is 9.59 Å². The summed E-state index contributed by atoms with van der Waals surface area (Å²) in [7, 11) is 0. The Kier molecular flexibility index (Phi) is 8.27. The summed E-state index contributed by atoms with van der Waals surface area (Å²) in [6.45, 7) is 12.6. The molecule has 2 amide bonds. The Morgan fingerprint density at radius 2 is 1.78 bits per heavy atom. The predicted octanol–water partition coefficient (Wildman–Crippen LogP) is 3.47. The van der Waals surface area contributed by atoms with Crippen molar-refractivity contribution in [2.75, 3.05) is 31.5 Å². The van der Waals surface area contributed by atoms with Gasteiger partial charge >= 0.3 is 0 Å². The number of anilines is 1. The third kappa shape index (κ3) is 6.36. The average molecular weight is 370 g/mol. The fraction of sp³-hybridized carbons (Fsp3) is 0.455. The Bertz CT molecular complexity index is 638. The number of rotatable bonds is 9. The highest BCUT2D eigenvalue weighted by Gasteiger charge is 2.22. The molecule has 5 heteroatoms. The van der Waals surface area contributed by atoms with E-state index in [0.29, 0.717) is 42.6 Å². The second kappa shape index (κ2) is 10.7. The van der Waals surface area contributed by atoms with E-state index < -0.39 is 0 Å². The molecular weight excluding hydrogens is 338 g/mol. The third-order valence-corrected chi connectivity index (χ3v) is 5.10. The lowest BCUT2D eigenvalue weighted by Crippen LogP contribution is -2.32. The first-order valence-corrected chi connectivity index (χ1v) is 9.66. The molecule has 1 atom stereocenters. The zero-order valence-electron chi connectivity index (χ0n) is 16.2. The summed E-state index contributed by atoms with van der Waals surface area (Å²) in [6.07, 6.45) is 6.19. The van der Waals surface area contributed by atoms with Gasteiger partial charge in [-0.15, -0.1) is 13.2 Å². The van der Waals surface area contributed by atoms with E-state index in [2.05, 4.69) is 30.7 Å². The van der Waals surface area contributed by atoms with E-state index >= 15 is 0 Å². The maximum atomic E-state index is 12.5. The molecule has 1 aliphatic heterocycles. The number of carbonyl (C=O) groups is 2. The van der Waals surface area contributed by atoms with Crippen LogP contribution in [-0.2, 0) is 4.79 Å². The second-order valence-electron chi connectivity index (χ2n) is 7.18. The maximum Gasteiger partial charge on any atom is 0.254 e. The van der Waals surface area contributed by atoms with Crippen LogP contribution in [0.5, 0.6) is 0 Å². The maximum absolute atomic E-state index is 12.5. The van der Waals surface area contributed by atoms with Crippen LogP contribution in [0.2, 0.25) is 0 Å². The van der Waals surface area contributed by atoms with Crippen molar-refractivity contribution in [3.63, 3.8) is 0 Å². The van der Waals surface area contributed by atoms with Gasteiger partial charge in [0.25, 0.3) is 5.91 Å². The van der Waals surface area contributed by atoms with Gasteiger partial charge in [-0.2, -0.15) is 0 Å². The first kappa shape index (κ1) is 20.9. The molecule has 0 aromatic heterocycles. The van der Waals surface area contributed by atoms with Crippen LogP contribution in [-0.4, -0.2) is 42.9 Å². The summed E-state index contributed by atoms with van der Waals surface area (Å²) in [6, 6.07) is 7.04. The molecule has 1 saturated heterocycles. The van der Waals surface area contributed by atoms with Gasteiger partial charge in [0.05, 0.1) is 0 Å². The third-order valence-electron chi connectivity index (χ3n) is 5.10. The van der Waals surface area contributed by atoms with Crippen LogP contribution < -0.4 is 10.6 Å². The monoisotopic (exact) mass is 369 g/mol. The number of piperidine rings is 1. The number of hydrogen-bond acceptors (Lipinski definition) is 3. The molecule has 0 saturated carbocycles. The van der Waals surface area contributed by atoms with Crippen molar-refractivity contribution in [2.24, 2.45) is 11.8 Å². The summed E-state index contributed by atoms with van der Waals surface area (Å²) in [4.78, 5) is 26.5. The van der Waals surface area contributed by atoms with Crippen LogP contribution in [0.1, 0.15) is 36.5 Å². The molecule has 0 radical (unpaired) electrons. The van der Waals surface area contributed by atoms with Gasteiger partial charge in [0.1, 0.15) is 0 Å². The molecule has 1 heterocycles. The highest BCUT2D eigenvalue weighted by atomic mass is 16.2. The van der Waals surface area contributed by atoms with E-state index in [1.165, 1.54) is 0 Å². The van der Waals surface area contributed by atoms with Crippen molar-refractivity contribution in [1.29, 1.82) is 0 Å². The van der Waals surface area contributed by atoms with Crippen LogP contribution in [0.3, 0.4) is 0 Å². The second-order valence-corrected chi connectivity index (χ2v) is 7.18. The molecular formula is C22H31N3O2. The van der Waals surface area contributed by atoms with Gasteiger partial charge < -0.3 is 15.5 Å². The molecule has 1 fully saturated rings. The average Bonchev–Trinajstić information content (AvgIpc) is 2.68. The van der Waals surface area contributed by atoms with Crippen molar-refractivity contribution in [1.82, 2.24) is 10.2 Å². The highest BCUT2D eigenvalue weighted by Crippen LogP contribution is 2.24. The molecule has 1 aliphatic rings. The minimum atomic E-state index is -0.0767. The van der Waals surface area contributed by atoms with E-state index in [0.717, 1.165) is 25.9 Å². The zero-order valence-corrected chi connectivity index (χ0v) is 16.2. The number of nitrogens with zero attached hydrogens (tertiary/aromatic N) is 1. The van der Waals surface area contributed by atoms with Gasteiger partial charge in [0.2, 0.25) is 5.91 Å². The summed E-state index contributed by atoms with van der Waals surface area (Å²) in [5, 5.41) is 6.30. The standard InChI is InChI=1S/C22H31N3O2/c1-4-14-25(15-5-2)22(27)19-6-8-20(9-7-19)24-21(26)16-17(3)18-10-12-23-13-11-18/h4-9,17-18,23H,1-2,10-16H2,3H3,(H,24,26). The summed E-state index contributed by atoms with van der Waals surface area (Å²) in [5.41, 5.74) is 1.30. The summed E-state index contributed by atoms with van der Waals surface area (Å²) in [5.74, 6) is 0.935. The quantitative estimate of drug-likeness (QED) is 0.655. The molecule has 2 N–H and O–H groups in total. The SMILES string of the molecule is C=CCN(CC=C)C(=O)c1ccc(NC(=O)CC(C)C2CCNCC2)cc1. The number of nitrogens with one attached hydrogen (secondary N) is 2. The van der Waals surface area contributed by atoms with Gasteiger partial charge in [0, 0.05) is 30.8 Å². The molecule has 0 bridgehead atoms. The van der Waals surface area contributed by atoms with Gasteiger partial charge in [-0.05, 0) is 62.0 Å².